The summed E-state index contributed by atoms with van der Waals surface area (Å²) in [5, 5.41) is 4.14. The topological polar surface area (TPSA) is 109 Å². The number of thiazole rings is 1. The summed E-state index contributed by atoms with van der Waals surface area (Å²) < 4.78 is 19.8. The van der Waals surface area contributed by atoms with Gasteiger partial charge in [0.15, 0.2) is 6.61 Å². The van der Waals surface area contributed by atoms with E-state index in [1.165, 1.54) is 29.2 Å². The highest BCUT2D eigenvalue weighted by Gasteiger charge is 2.69. The second-order valence-corrected chi connectivity index (χ2v) is 14.5. The van der Waals surface area contributed by atoms with Crippen molar-refractivity contribution in [1.29, 1.82) is 0 Å². The van der Waals surface area contributed by atoms with Gasteiger partial charge in [0.25, 0.3) is 5.91 Å². The zero-order valence-corrected chi connectivity index (χ0v) is 25.8. The minimum atomic E-state index is -0.493. The zero-order chi connectivity index (χ0) is 31.0. The monoisotopic (exact) mass is 661 g/mol. The van der Waals surface area contributed by atoms with Crippen LogP contribution < -0.4 is 19.8 Å². The summed E-state index contributed by atoms with van der Waals surface area (Å²) >= 11 is 8.71. The summed E-state index contributed by atoms with van der Waals surface area (Å²) in [5.41, 5.74) is 1.81. The number of imide groups is 1. The number of para-hydroxylation sites is 1. The molecular weight excluding hydrogens is 637 g/mol. The molecule has 4 aromatic rings. The molecule has 2 bridgehead atoms. The lowest BCUT2D eigenvalue weighted by molar-refractivity contribution is -0.123. The molecule has 45 heavy (non-hydrogen) atoms. The van der Waals surface area contributed by atoms with E-state index < -0.39 is 17.7 Å². The largest absolute Gasteiger partial charge is 0.483 e. The van der Waals surface area contributed by atoms with Crippen molar-refractivity contribution in [3.8, 4) is 5.75 Å². The van der Waals surface area contributed by atoms with E-state index in [1.807, 2.05) is 24.3 Å². The molecule has 3 heterocycles. The van der Waals surface area contributed by atoms with E-state index in [4.69, 9.17) is 16.3 Å². The van der Waals surface area contributed by atoms with E-state index in [1.54, 1.807) is 36.0 Å². The lowest BCUT2D eigenvalue weighted by Crippen LogP contribution is -2.42. The minimum absolute atomic E-state index is 0.00910. The maximum atomic E-state index is 13.9. The highest BCUT2D eigenvalue weighted by Crippen LogP contribution is 2.69. The van der Waals surface area contributed by atoms with Gasteiger partial charge in [-0.3, -0.25) is 24.1 Å². The van der Waals surface area contributed by atoms with Crippen molar-refractivity contribution in [2.45, 2.75) is 22.6 Å². The van der Waals surface area contributed by atoms with Crippen LogP contribution in [0.1, 0.15) is 22.8 Å². The molecular formula is C33H25ClFN3O5S2. The van der Waals surface area contributed by atoms with Crippen molar-refractivity contribution in [2.24, 2.45) is 29.6 Å². The Morgan fingerprint density at radius 2 is 1.69 bits per heavy atom. The zero-order valence-electron chi connectivity index (χ0n) is 23.4. The second-order valence-electron chi connectivity index (χ2n) is 11.8. The van der Waals surface area contributed by atoms with Crippen molar-refractivity contribution < 1.29 is 23.5 Å². The first-order valence-electron chi connectivity index (χ1n) is 14.6. The molecule has 0 spiro atoms. The number of hydrogen-bond donors (Lipinski definition) is 2. The van der Waals surface area contributed by atoms with Crippen LogP contribution in [0.4, 0.5) is 15.8 Å². The van der Waals surface area contributed by atoms with E-state index in [0.29, 0.717) is 22.1 Å². The summed E-state index contributed by atoms with van der Waals surface area (Å²) in [5.74, 6) is -2.17. The summed E-state index contributed by atoms with van der Waals surface area (Å²) in [4.78, 5) is 58.1. The number of nitrogens with zero attached hydrogens (tertiary/aromatic N) is 1. The van der Waals surface area contributed by atoms with Crippen LogP contribution in [-0.4, -0.2) is 34.6 Å². The van der Waals surface area contributed by atoms with Crippen molar-refractivity contribution in [2.75, 3.05) is 16.8 Å². The Morgan fingerprint density at radius 3 is 2.44 bits per heavy atom. The van der Waals surface area contributed by atoms with Gasteiger partial charge in [-0.25, -0.2) is 4.39 Å². The number of aromatic nitrogens is 1. The number of H-pyrrole nitrogens is 1. The fraction of sp³-hybridized carbons (Fsp3) is 0.273. The first kappa shape index (κ1) is 28.5. The fourth-order valence-corrected chi connectivity index (χ4v) is 11.0. The summed E-state index contributed by atoms with van der Waals surface area (Å²) in [6.07, 6.45) is 0.731. The van der Waals surface area contributed by atoms with Gasteiger partial charge in [-0.05, 0) is 78.8 Å². The molecule has 1 aromatic heterocycles. The summed E-state index contributed by atoms with van der Waals surface area (Å²) in [7, 11) is 0. The first-order chi connectivity index (χ1) is 21.8. The molecule has 2 N–H and O–H groups in total. The highest BCUT2D eigenvalue weighted by atomic mass is 35.5. The average molecular weight is 662 g/mol. The Labute approximate surface area is 269 Å². The normalized spacial score (nSPS) is 27.7. The third kappa shape index (κ3) is 4.62. The lowest BCUT2D eigenvalue weighted by Gasteiger charge is -2.43. The number of hydrogen-bond acceptors (Lipinski definition) is 7. The Morgan fingerprint density at radius 1 is 0.978 bits per heavy atom. The molecule has 228 valence electrons. The molecule has 6 unspecified atom stereocenters. The van der Waals surface area contributed by atoms with Crippen LogP contribution in [0, 0.1) is 35.4 Å². The number of rotatable bonds is 6. The second kappa shape index (κ2) is 10.9. The van der Waals surface area contributed by atoms with Gasteiger partial charge < -0.3 is 15.0 Å². The predicted octanol–water partition coefficient (Wildman–Crippen LogP) is 5.92. The third-order valence-corrected chi connectivity index (χ3v) is 12.4. The van der Waals surface area contributed by atoms with Crippen LogP contribution >= 0.6 is 34.7 Å². The van der Waals surface area contributed by atoms with Gasteiger partial charge in [0.05, 0.1) is 22.5 Å². The number of amides is 3. The molecule has 3 aromatic carbocycles. The van der Waals surface area contributed by atoms with Crippen molar-refractivity contribution in [3.63, 3.8) is 0 Å². The van der Waals surface area contributed by atoms with Crippen LogP contribution in [0.25, 0.3) is 0 Å². The van der Waals surface area contributed by atoms with Crippen LogP contribution in [0.15, 0.2) is 82.6 Å². The summed E-state index contributed by atoms with van der Waals surface area (Å²) in [6.45, 7) is -0.234. The first-order valence-corrected chi connectivity index (χ1v) is 16.7. The minimum Gasteiger partial charge on any atom is -0.483 e. The molecule has 0 radical (unpaired) electrons. The number of ether oxygens (including phenoxy) is 1. The van der Waals surface area contributed by atoms with Gasteiger partial charge >= 0.3 is 4.87 Å². The molecule has 7 atom stereocenters. The van der Waals surface area contributed by atoms with Crippen LogP contribution in [0.3, 0.4) is 0 Å². The standard InChI is InChI=1S/C33H25ClFN3O5S2/c34-15-5-9-17(10-6-15)36-23(39)14-43-22-4-2-1-3-19(22)24-25-20-13-21(28(25)44-30-29(24)45-33(42)37-30)27-26(20)31(40)38(32(27)41)18-11-7-16(35)8-12-18/h1-12,20-21,24-28H,13-14H2,(H,36,39)(H,37,42)/t20?,21?,24-,25?,26?,27?,28?/m1/s1. The van der Waals surface area contributed by atoms with Gasteiger partial charge in [0, 0.05) is 32.3 Å². The maximum Gasteiger partial charge on any atom is 0.305 e. The quantitative estimate of drug-likeness (QED) is 0.248. The molecule has 8 rings (SSSR count). The third-order valence-electron chi connectivity index (χ3n) is 9.55. The number of anilines is 2. The van der Waals surface area contributed by atoms with E-state index in [9.17, 15) is 23.6 Å². The maximum absolute atomic E-state index is 13.9. The van der Waals surface area contributed by atoms with Crippen LogP contribution in [0.5, 0.6) is 5.75 Å². The number of thioether (sulfide) groups is 1. The molecule has 2 aliphatic carbocycles. The Hall–Kier alpha value is -3.93. The van der Waals surface area contributed by atoms with E-state index >= 15 is 0 Å². The average Bonchev–Trinajstić information content (AvgIpc) is 3.77. The van der Waals surface area contributed by atoms with Gasteiger partial charge in [0.1, 0.15) is 11.6 Å². The molecule has 4 aliphatic rings. The van der Waals surface area contributed by atoms with Gasteiger partial charge in [-0.2, -0.15) is 0 Å². The number of carbonyl (C=O) groups is 3. The van der Waals surface area contributed by atoms with Crippen LogP contribution in [-0.2, 0) is 14.4 Å². The number of fused-ring (bicyclic) bond motifs is 9. The fourth-order valence-electron chi connectivity index (χ4n) is 7.95. The van der Waals surface area contributed by atoms with Crippen molar-refractivity contribution in [1.82, 2.24) is 4.98 Å². The molecule has 3 amide bonds. The highest BCUT2D eigenvalue weighted by molar-refractivity contribution is 8.00. The number of nitrogens with one attached hydrogen (secondary N) is 2. The Kier molecular flexibility index (Phi) is 6.88. The Bertz CT molecular complexity index is 1910. The van der Waals surface area contributed by atoms with Gasteiger partial charge in [0.2, 0.25) is 11.8 Å². The number of carbonyl (C=O) groups excluding carboxylic acids is 3. The Balaban J connectivity index is 1.12. The number of aromatic amines is 1. The van der Waals surface area contributed by atoms with Crippen LogP contribution in [0.2, 0.25) is 5.02 Å². The van der Waals surface area contributed by atoms with Gasteiger partial charge in [-0.15, -0.1) is 11.8 Å². The molecule has 8 nitrogen and oxygen atoms in total. The van der Waals surface area contributed by atoms with E-state index in [-0.39, 0.29) is 58.1 Å². The van der Waals surface area contributed by atoms with E-state index in [2.05, 4.69) is 10.3 Å². The smallest absolute Gasteiger partial charge is 0.305 e. The molecule has 2 saturated carbocycles. The molecule has 1 saturated heterocycles. The van der Waals surface area contributed by atoms with Crippen molar-refractivity contribution >= 4 is 63.8 Å². The molecule has 12 heteroatoms. The summed E-state index contributed by atoms with van der Waals surface area (Å²) in [6, 6.07) is 19.7. The van der Waals surface area contributed by atoms with E-state index in [0.717, 1.165) is 33.2 Å². The molecule has 2 aliphatic heterocycles. The van der Waals surface area contributed by atoms with Crippen molar-refractivity contribution in [3.05, 3.63) is 104 Å². The molecule has 3 fully saturated rings. The van der Waals surface area contributed by atoms with Gasteiger partial charge in [-0.1, -0.05) is 41.1 Å². The number of benzene rings is 3. The SMILES string of the molecule is O=C(COc1ccccc1[C@H]1c2sc(=O)[nH]c2SC2C3CC(C4C(=O)N(c5ccc(F)cc5)C(=O)C34)C21)Nc1ccc(Cl)cc1. The lowest BCUT2D eigenvalue weighted by atomic mass is 9.68. The predicted molar refractivity (Wildman–Crippen MR) is 169 cm³/mol. The number of halogens is 2.